The second-order valence-electron chi connectivity index (χ2n) is 6.85. The van der Waals surface area contributed by atoms with Gasteiger partial charge in [-0.1, -0.05) is 0 Å². The topological polar surface area (TPSA) is 9.72 Å². The molecule has 3 heteroatoms. The molecule has 0 aromatic rings. The summed E-state index contributed by atoms with van der Waals surface area (Å²) < 4.78 is 0. The Hall–Kier alpha value is -0.120. The van der Waals surface area contributed by atoms with Gasteiger partial charge in [0.1, 0.15) is 0 Å². The Balaban J connectivity index is 1.72. The third kappa shape index (κ3) is 3.25. The highest BCUT2D eigenvalue weighted by Gasteiger charge is 2.32. The van der Waals surface area contributed by atoms with E-state index in [-0.39, 0.29) is 0 Å². The van der Waals surface area contributed by atoms with Crippen LogP contribution in [0.1, 0.15) is 34.6 Å². The third-order valence-corrected chi connectivity index (χ3v) is 4.74. The van der Waals surface area contributed by atoms with Crippen molar-refractivity contribution in [3.05, 3.63) is 0 Å². The van der Waals surface area contributed by atoms with E-state index in [1.165, 1.54) is 39.3 Å². The molecule has 0 aromatic carbocycles. The van der Waals surface area contributed by atoms with Crippen LogP contribution < -0.4 is 0 Å². The molecule has 0 radical (unpaired) electrons. The molecule has 0 N–H and O–H groups in total. The van der Waals surface area contributed by atoms with Gasteiger partial charge < -0.3 is 4.90 Å². The minimum atomic E-state index is 0.703. The summed E-state index contributed by atoms with van der Waals surface area (Å²) in [4.78, 5) is 7.91. The molecule has 1 atom stereocenters. The van der Waals surface area contributed by atoms with Crippen molar-refractivity contribution in [1.29, 1.82) is 0 Å². The summed E-state index contributed by atoms with van der Waals surface area (Å²) in [6.45, 7) is 19.3. The van der Waals surface area contributed by atoms with E-state index in [4.69, 9.17) is 0 Å². The minimum Gasteiger partial charge on any atom is -0.300 e. The van der Waals surface area contributed by atoms with Crippen LogP contribution in [0.15, 0.2) is 0 Å². The second-order valence-corrected chi connectivity index (χ2v) is 6.85. The van der Waals surface area contributed by atoms with Gasteiger partial charge in [0.2, 0.25) is 0 Å². The average Bonchev–Trinajstić information content (AvgIpc) is 2.23. The first-order chi connectivity index (χ1) is 8.47. The predicted octanol–water partition coefficient (Wildman–Crippen LogP) is 1.74. The van der Waals surface area contributed by atoms with Gasteiger partial charge in [0.15, 0.2) is 0 Å². The fourth-order valence-electron chi connectivity index (χ4n) is 3.24. The lowest BCUT2D eigenvalue weighted by molar-refractivity contribution is 0.00462. The van der Waals surface area contributed by atoms with Crippen LogP contribution in [0.25, 0.3) is 0 Å². The second kappa shape index (κ2) is 5.89. The lowest BCUT2D eigenvalue weighted by atomic mass is 9.96. The van der Waals surface area contributed by atoms with Crippen molar-refractivity contribution in [2.45, 2.75) is 52.7 Å². The van der Waals surface area contributed by atoms with Gasteiger partial charge in [0.25, 0.3) is 0 Å². The molecule has 0 aliphatic carbocycles. The lowest BCUT2D eigenvalue weighted by Crippen LogP contribution is -2.59. The quantitative estimate of drug-likeness (QED) is 0.756. The minimum absolute atomic E-state index is 0.703. The molecule has 2 rings (SSSR count). The molecule has 2 aliphatic rings. The average molecular weight is 253 g/mol. The Labute approximate surface area is 113 Å². The Morgan fingerprint density at radius 2 is 1.50 bits per heavy atom. The molecule has 1 unspecified atom stereocenters. The molecule has 0 amide bonds. The van der Waals surface area contributed by atoms with Crippen LogP contribution >= 0.6 is 0 Å². The first-order valence-corrected chi connectivity index (χ1v) is 7.69. The summed E-state index contributed by atoms with van der Waals surface area (Å²) in [7, 11) is 0. The number of likely N-dealkylation sites (tertiary alicyclic amines) is 1. The highest BCUT2D eigenvalue weighted by Crippen LogP contribution is 2.22. The normalized spacial score (nSPS) is 29.2. The van der Waals surface area contributed by atoms with Gasteiger partial charge in [-0.3, -0.25) is 9.80 Å². The fraction of sp³-hybridized carbons (Fsp3) is 1.00. The highest BCUT2D eigenvalue weighted by atomic mass is 15.3. The van der Waals surface area contributed by atoms with Crippen molar-refractivity contribution in [3.8, 4) is 0 Å². The molecule has 2 aliphatic heterocycles. The largest absolute Gasteiger partial charge is 0.300 e. The van der Waals surface area contributed by atoms with E-state index in [9.17, 15) is 0 Å². The van der Waals surface area contributed by atoms with Crippen LogP contribution in [0.3, 0.4) is 0 Å². The number of hydrogen-bond donors (Lipinski definition) is 0. The molecular formula is C15H31N3. The Morgan fingerprint density at radius 1 is 0.889 bits per heavy atom. The number of rotatable bonds is 4. The monoisotopic (exact) mass is 253 g/mol. The third-order valence-electron chi connectivity index (χ3n) is 4.74. The van der Waals surface area contributed by atoms with E-state index in [1.54, 1.807) is 0 Å². The predicted molar refractivity (Wildman–Crippen MR) is 77.9 cm³/mol. The van der Waals surface area contributed by atoms with Crippen molar-refractivity contribution in [2.24, 2.45) is 5.92 Å². The van der Waals surface area contributed by atoms with Crippen LogP contribution in [0.2, 0.25) is 0 Å². The maximum Gasteiger partial charge on any atom is 0.0195 e. The first-order valence-electron chi connectivity index (χ1n) is 7.69. The molecule has 0 bridgehead atoms. The van der Waals surface area contributed by atoms with Crippen LogP contribution in [0.4, 0.5) is 0 Å². The summed E-state index contributed by atoms with van der Waals surface area (Å²) in [5.74, 6) is 0.917. The standard InChI is InChI=1S/C15H31N3/c1-12(2)16-6-7-17(14(5)8-16)9-15-10-18(11-15)13(3)4/h12-15H,6-11H2,1-5H3. The van der Waals surface area contributed by atoms with Crippen LogP contribution in [0.5, 0.6) is 0 Å². The van der Waals surface area contributed by atoms with E-state index in [2.05, 4.69) is 49.3 Å². The number of nitrogens with zero attached hydrogens (tertiary/aromatic N) is 3. The molecule has 2 saturated heterocycles. The SMILES string of the molecule is CC(C)N1CC(CN2CCN(C(C)C)CC2C)C1. The van der Waals surface area contributed by atoms with Crippen molar-refractivity contribution in [3.63, 3.8) is 0 Å². The molecule has 0 aromatic heterocycles. The molecule has 18 heavy (non-hydrogen) atoms. The number of hydrogen-bond acceptors (Lipinski definition) is 3. The molecule has 2 fully saturated rings. The van der Waals surface area contributed by atoms with Gasteiger partial charge >= 0.3 is 0 Å². The summed E-state index contributed by atoms with van der Waals surface area (Å²) >= 11 is 0. The van der Waals surface area contributed by atoms with E-state index in [0.29, 0.717) is 6.04 Å². The van der Waals surface area contributed by atoms with Crippen molar-refractivity contribution in [1.82, 2.24) is 14.7 Å². The smallest absolute Gasteiger partial charge is 0.0195 e. The zero-order valence-corrected chi connectivity index (χ0v) is 12.9. The van der Waals surface area contributed by atoms with E-state index in [1.807, 2.05) is 0 Å². The van der Waals surface area contributed by atoms with Crippen molar-refractivity contribution >= 4 is 0 Å². The maximum atomic E-state index is 2.71. The molecule has 2 heterocycles. The summed E-state index contributed by atoms with van der Waals surface area (Å²) in [6.07, 6.45) is 0. The molecule has 0 saturated carbocycles. The van der Waals surface area contributed by atoms with Gasteiger partial charge in [-0.05, 0) is 40.5 Å². The van der Waals surface area contributed by atoms with E-state index >= 15 is 0 Å². The Bertz CT molecular complexity index is 258. The zero-order valence-electron chi connectivity index (χ0n) is 12.9. The summed E-state index contributed by atoms with van der Waals surface area (Å²) in [5.41, 5.74) is 0. The first kappa shape index (κ1) is 14.3. The summed E-state index contributed by atoms with van der Waals surface area (Å²) in [6, 6.07) is 2.17. The Kier molecular flexibility index (Phi) is 4.68. The number of piperazine rings is 1. The molecule has 0 spiro atoms. The maximum absolute atomic E-state index is 2.71. The Morgan fingerprint density at radius 3 is 2.00 bits per heavy atom. The van der Waals surface area contributed by atoms with Gasteiger partial charge in [-0.25, -0.2) is 0 Å². The van der Waals surface area contributed by atoms with Gasteiger partial charge in [-0.2, -0.15) is 0 Å². The van der Waals surface area contributed by atoms with Gasteiger partial charge in [-0.15, -0.1) is 0 Å². The van der Waals surface area contributed by atoms with Crippen LogP contribution in [-0.4, -0.2) is 72.1 Å². The summed E-state index contributed by atoms with van der Waals surface area (Å²) in [5, 5.41) is 0. The fourth-order valence-corrected chi connectivity index (χ4v) is 3.24. The van der Waals surface area contributed by atoms with E-state index in [0.717, 1.165) is 18.0 Å². The van der Waals surface area contributed by atoms with Crippen molar-refractivity contribution in [2.75, 3.05) is 39.3 Å². The lowest BCUT2D eigenvalue weighted by Gasteiger charge is -2.48. The van der Waals surface area contributed by atoms with Gasteiger partial charge in [0, 0.05) is 57.4 Å². The van der Waals surface area contributed by atoms with Crippen molar-refractivity contribution < 1.29 is 0 Å². The molecule has 106 valence electrons. The molecule has 3 nitrogen and oxygen atoms in total. The van der Waals surface area contributed by atoms with Crippen LogP contribution in [-0.2, 0) is 0 Å². The highest BCUT2D eigenvalue weighted by molar-refractivity contribution is 4.88. The van der Waals surface area contributed by atoms with Crippen LogP contribution in [0, 0.1) is 5.92 Å². The zero-order chi connectivity index (χ0) is 13.3. The van der Waals surface area contributed by atoms with Gasteiger partial charge in [0.05, 0.1) is 0 Å². The van der Waals surface area contributed by atoms with E-state index < -0.39 is 0 Å². The molecular weight excluding hydrogens is 222 g/mol.